The molecule has 0 atom stereocenters. The van der Waals surface area contributed by atoms with E-state index >= 15 is 0 Å². The summed E-state index contributed by atoms with van der Waals surface area (Å²) in [6.45, 7) is 4.32. The number of amides is 1. The van der Waals surface area contributed by atoms with Crippen molar-refractivity contribution in [3.05, 3.63) is 83.9 Å². The van der Waals surface area contributed by atoms with Gasteiger partial charge in [-0.15, -0.1) is 0 Å². The highest BCUT2D eigenvalue weighted by Crippen LogP contribution is 2.35. The van der Waals surface area contributed by atoms with Crippen LogP contribution in [0.25, 0.3) is 10.2 Å². The minimum Gasteiger partial charge on any atom is -0.496 e. The topological polar surface area (TPSA) is 42.4 Å². The van der Waals surface area contributed by atoms with Gasteiger partial charge in [0.1, 0.15) is 5.75 Å². The number of hydrogen-bond acceptors (Lipinski definition) is 4. The number of ether oxygens (including phenoxy) is 1. The van der Waals surface area contributed by atoms with Gasteiger partial charge in [0.15, 0.2) is 5.13 Å². The summed E-state index contributed by atoms with van der Waals surface area (Å²) in [7, 11) is 1.62. The predicted molar refractivity (Wildman–Crippen MR) is 124 cm³/mol. The lowest BCUT2D eigenvalue weighted by Crippen LogP contribution is -2.27. The quantitative estimate of drug-likeness (QED) is 0.368. The zero-order valence-electron chi connectivity index (χ0n) is 17.3. The van der Waals surface area contributed by atoms with Crippen molar-refractivity contribution in [3.8, 4) is 5.75 Å². The van der Waals surface area contributed by atoms with Gasteiger partial charge in [-0.3, -0.25) is 9.69 Å². The molecule has 0 saturated heterocycles. The summed E-state index contributed by atoms with van der Waals surface area (Å²) in [6.07, 6.45) is 0.228. The molecule has 1 amide bonds. The maximum atomic E-state index is 13.5. The minimum atomic E-state index is -0.0455. The summed E-state index contributed by atoms with van der Waals surface area (Å²) in [6, 6.07) is 23.7. The smallest absolute Gasteiger partial charge is 0.237 e. The average molecular weight is 417 g/mol. The van der Waals surface area contributed by atoms with Crippen LogP contribution < -0.4 is 9.64 Å². The number of carbonyl (C=O) groups is 1. The molecule has 0 fully saturated rings. The van der Waals surface area contributed by atoms with Crippen LogP contribution in [0.5, 0.6) is 5.75 Å². The Kier molecular flexibility index (Phi) is 5.81. The molecular weight excluding hydrogens is 392 g/mol. The number of fused-ring (bicyclic) bond motifs is 1. The van der Waals surface area contributed by atoms with Gasteiger partial charge in [-0.25, -0.2) is 4.98 Å². The van der Waals surface area contributed by atoms with Gasteiger partial charge in [0, 0.05) is 5.56 Å². The molecule has 0 spiro atoms. The van der Waals surface area contributed by atoms with Crippen molar-refractivity contribution < 1.29 is 9.53 Å². The normalized spacial score (nSPS) is 11.1. The number of carbonyl (C=O) groups excluding carboxylic acids is 1. The third-order valence-electron chi connectivity index (χ3n) is 5.08. The fourth-order valence-corrected chi connectivity index (χ4v) is 4.42. The summed E-state index contributed by atoms with van der Waals surface area (Å²) in [5.41, 5.74) is 3.81. The molecule has 0 saturated carbocycles. The lowest BCUT2D eigenvalue weighted by atomic mass is 10.0. The largest absolute Gasteiger partial charge is 0.496 e. The number of benzene rings is 3. The predicted octanol–water partition coefficient (Wildman–Crippen LogP) is 6.34. The van der Waals surface area contributed by atoms with Crippen LogP contribution in [-0.4, -0.2) is 18.0 Å². The fraction of sp³-hybridized carbons (Fsp3) is 0.200. The first-order valence-corrected chi connectivity index (χ1v) is 10.8. The number of aromatic nitrogens is 1. The Morgan fingerprint density at radius 2 is 1.70 bits per heavy atom. The number of anilines is 2. The fourth-order valence-electron chi connectivity index (χ4n) is 3.42. The lowest BCUT2D eigenvalue weighted by molar-refractivity contribution is -0.117. The second kappa shape index (κ2) is 8.67. The van der Waals surface area contributed by atoms with Crippen LogP contribution in [0.15, 0.2) is 72.8 Å². The molecule has 4 aromatic rings. The van der Waals surface area contributed by atoms with E-state index in [2.05, 4.69) is 26.0 Å². The van der Waals surface area contributed by atoms with Crippen LogP contribution in [0.4, 0.5) is 10.8 Å². The molecule has 0 aliphatic heterocycles. The van der Waals surface area contributed by atoms with E-state index in [0.717, 1.165) is 21.5 Å². The molecule has 0 unspecified atom stereocenters. The van der Waals surface area contributed by atoms with Crippen LogP contribution >= 0.6 is 11.3 Å². The van der Waals surface area contributed by atoms with Crippen LogP contribution in [0, 0.1) is 0 Å². The van der Waals surface area contributed by atoms with Crippen molar-refractivity contribution in [3.63, 3.8) is 0 Å². The van der Waals surface area contributed by atoms with E-state index in [0.29, 0.717) is 16.8 Å². The summed E-state index contributed by atoms with van der Waals surface area (Å²) < 4.78 is 6.50. The van der Waals surface area contributed by atoms with Crippen molar-refractivity contribution in [2.45, 2.75) is 26.2 Å². The number of methoxy groups -OCH3 is 1. The van der Waals surface area contributed by atoms with Crippen molar-refractivity contribution in [2.75, 3.05) is 12.0 Å². The van der Waals surface area contributed by atoms with Crippen LogP contribution in [0.2, 0.25) is 0 Å². The highest BCUT2D eigenvalue weighted by atomic mass is 32.1. The van der Waals surface area contributed by atoms with E-state index in [1.54, 1.807) is 12.0 Å². The molecular formula is C25H24N2O2S. The Bertz CT molecular complexity index is 1130. The third kappa shape index (κ3) is 4.07. The Hall–Kier alpha value is -3.18. The van der Waals surface area contributed by atoms with Crippen molar-refractivity contribution in [1.82, 2.24) is 4.98 Å². The van der Waals surface area contributed by atoms with Crippen LogP contribution in [0.1, 0.15) is 30.9 Å². The second-order valence-electron chi connectivity index (χ2n) is 7.43. The summed E-state index contributed by atoms with van der Waals surface area (Å²) in [5, 5.41) is 0.674. The molecule has 3 aromatic carbocycles. The number of nitrogens with zero attached hydrogens (tertiary/aromatic N) is 2. The molecule has 5 heteroatoms. The van der Waals surface area contributed by atoms with Gasteiger partial charge in [0.25, 0.3) is 0 Å². The van der Waals surface area contributed by atoms with Crippen molar-refractivity contribution in [1.29, 1.82) is 0 Å². The molecule has 0 radical (unpaired) electrons. The standard InChI is InChI=1S/C25H24N2O2S/c1-17(2)18-12-14-20(15-13-18)27(25-26-21-9-5-7-11-23(21)30-25)24(28)16-19-8-4-6-10-22(19)29-3/h4-15,17H,16H2,1-3H3. The van der Waals surface area contributed by atoms with E-state index in [9.17, 15) is 4.79 Å². The maximum Gasteiger partial charge on any atom is 0.237 e. The molecule has 4 nitrogen and oxygen atoms in total. The van der Waals surface area contributed by atoms with Gasteiger partial charge in [0.05, 0.1) is 29.4 Å². The van der Waals surface area contributed by atoms with E-state index in [1.807, 2.05) is 60.7 Å². The summed E-state index contributed by atoms with van der Waals surface area (Å²) in [5.74, 6) is 1.10. The maximum absolute atomic E-state index is 13.5. The highest BCUT2D eigenvalue weighted by molar-refractivity contribution is 7.22. The number of thiazole rings is 1. The molecule has 0 bridgehead atoms. The SMILES string of the molecule is COc1ccccc1CC(=O)N(c1ccc(C(C)C)cc1)c1nc2ccccc2s1. The van der Waals surface area contributed by atoms with Crippen molar-refractivity contribution >= 4 is 38.3 Å². The van der Waals surface area contributed by atoms with Crippen molar-refractivity contribution in [2.24, 2.45) is 0 Å². The first-order chi connectivity index (χ1) is 14.6. The minimum absolute atomic E-state index is 0.0455. The van der Waals surface area contributed by atoms with Crippen LogP contribution in [-0.2, 0) is 11.2 Å². The average Bonchev–Trinajstić information content (AvgIpc) is 3.18. The Morgan fingerprint density at radius 3 is 2.40 bits per heavy atom. The van der Waals surface area contributed by atoms with Gasteiger partial charge in [0.2, 0.25) is 5.91 Å². The molecule has 1 aromatic heterocycles. The summed E-state index contributed by atoms with van der Waals surface area (Å²) in [4.78, 5) is 20.0. The molecule has 1 heterocycles. The first-order valence-electron chi connectivity index (χ1n) is 9.97. The van der Waals surface area contributed by atoms with E-state index in [1.165, 1.54) is 16.9 Å². The van der Waals surface area contributed by atoms with E-state index in [-0.39, 0.29) is 12.3 Å². The first kappa shape index (κ1) is 20.1. The Balaban J connectivity index is 1.75. The number of para-hydroxylation sites is 2. The number of rotatable bonds is 6. The Labute approximate surface area is 180 Å². The molecule has 152 valence electrons. The molecule has 0 aliphatic carbocycles. The van der Waals surface area contributed by atoms with E-state index < -0.39 is 0 Å². The molecule has 0 aliphatic rings. The second-order valence-corrected chi connectivity index (χ2v) is 8.44. The van der Waals surface area contributed by atoms with Gasteiger partial charge < -0.3 is 4.74 Å². The lowest BCUT2D eigenvalue weighted by Gasteiger charge is -2.21. The molecule has 30 heavy (non-hydrogen) atoms. The number of hydrogen-bond donors (Lipinski definition) is 0. The Morgan fingerprint density at radius 1 is 1.00 bits per heavy atom. The zero-order valence-corrected chi connectivity index (χ0v) is 18.1. The molecule has 4 rings (SSSR count). The van der Waals surface area contributed by atoms with E-state index in [4.69, 9.17) is 9.72 Å². The van der Waals surface area contributed by atoms with Gasteiger partial charge in [-0.2, -0.15) is 0 Å². The third-order valence-corrected chi connectivity index (χ3v) is 6.10. The molecule has 0 N–H and O–H groups in total. The van der Waals surface area contributed by atoms with Crippen LogP contribution in [0.3, 0.4) is 0 Å². The van der Waals surface area contributed by atoms with Gasteiger partial charge in [-0.1, -0.05) is 67.6 Å². The highest BCUT2D eigenvalue weighted by Gasteiger charge is 2.23. The monoisotopic (exact) mass is 416 g/mol. The zero-order chi connectivity index (χ0) is 21.1. The van der Waals surface area contributed by atoms with Gasteiger partial charge >= 0.3 is 0 Å². The summed E-state index contributed by atoms with van der Waals surface area (Å²) >= 11 is 1.52. The van der Waals surface area contributed by atoms with Gasteiger partial charge in [-0.05, 0) is 41.8 Å².